The van der Waals surface area contributed by atoms with E-state index < -0.39 is 0 Å². The molecule has 0 saturated heterocycles. The third kappa shape index (κ3) is 2.16. The summed E-state index contributed by atoms with van der Waals surface area (Å²) in [5.41, 5.74) is 1.61. The van der Waals surface area contributed by atoms with E-state index in [9.17, 15) is 4.79 Å². The van der Waals surface area contributed by atoms with Crippen LogP contribution in [-0.2, 0) is 13.0 Å². The van der Waals surface area contributed by atoms with Crippen LogP contribution in [0.5, 0.6) is 0 Å². The van der Waals surface area contributed by atoms with Crippen LogP contribution >= 0.6 is 0 Å². The predicted molar refractivity (Wildman–Crippen MR) is 60.3 cm³/mol. The Kier molecular flexibility index (Phi) is 3.10. The van der Waals surface area contributed by atoms with Crippen molar-refractivity contribution in [1.82, 2.24) is 14.5 Å². The third-order valence-electron chi connectivity index (χ3n) is 2.46. The molecule has 0 unspecified atom stereocenters. The van der Waals surface area contributed by atoms with Crippen LogP contribution in [0.4, 0.5) is 0 Å². The maximum absolute atomic E-state index is 10.6. The quantitative estimate of drug-likeness (QED) is 0.729. The van der Waals surface area contributed by atoms with E-state index in [2.05, 4.69) is 21.5 Å². The second-order valence-corrected chi connectivity index (χ2v) is 3.55. The van der Waals surface area contributed by atoms with E-state index in [-0.39, 0.29) is 0 Å². The first-order valence-electron chi connectivity index (χ1n) is 5.22. The van der Waals surface area contributed by atoms with Crippen molar-refractivity contribution in [2.75, 3.05) is 0 Å². The average Bonchev–Trinajstić information content (AvgIpc) is 2.76. The summed E-state index contributed by atoms with van der Waals surface area (Å²) in [6, 6.07) is 1.84. The second-order valence-electron chi connectivity index (χ2n) is 3.55. The number of hydrogen-bond donors (Lipinski definition) is 0. The Hall–Kier alpha value is -1.97. The van der Waals surface area contributed by atoms with Gasteiger partial charge < -0.3 is 4.57 Å². The van der Waals surface area contributed by atoms with Crippen molar-refractivity contribution in [2.45, 2.75) is 19.9 Å². The molecule has 82 valence electrons. The number of pyridine rings is 1. The van der Waals surface area contributed by atoms with Crippen LogP contribution in [0.3, 0.4) is 0 Å². The van der Waals surface area contributed by atoms with Crippen molar-refractivity contribution >= 4 is 6.29 Å². The molecule has 0 aliphatic rings. The number of aromatic nitrogens is 3. The Morgan fingerprint density at radius 3 is 3.06 bits per heavy atom. The zero-order valence-corrected chi connectivity index (χ0v) is 9.13. The number of aldehydes is 1. The highest BCUT2D eigenvalue weighted by atomic mass is 16.1. The number of carbonyl (C=O) groups is 1. The summed E-state index contributed by atoms with van der Waals surface area (Å²) < 4.78 is 2.08. The minimum atomic E-state index is 0.604. The van der Waals surface area contributed by atoms with Crippen molar-refractivity contribution in [1.29, 1.82) is 0 Å². The van der Waals surface area contributed by atoms with Crippen LogP contribution in [0.1, 0.15) is 28.7 Å². The molecule has 0 saturated carbocycles. The SMILES string of the molecule is CCn1ccnc1Cc1cncc(C=O)c1. The Morgan fingerprint density at radius 1 is 1.44 bits per heavy atom. The summed E-state index contributed by atoms with van der Waals surface area (Å²) in [6.07, 6.45) is 8.57. The van der Waals surface area contributed by atoms with Gasteiger partial charge in [0.05, 0.1) is 0 Å². The first-order valence-corrected chi connectivity index (χ1v) is 5.22. The van der Waals surface area contributed by atoms with Gasteiger partial charge in [0, 0.05) is 43.3 Å². The van der Waals surface area contributed by atoms with Crippen LogP contribution in [0, 0.1) is 0 Å². The molecule has 16 heavy (non-hydrogen) atoms. The minimum absolute atomic E-state index is 0.604. The van der Waals surface area contributed by atoms with E-state index in [0.29, 0.717) is 12.0 Å². The molecule has 0 radical (unpaired) electrons. The molecule has 2 heterocycles. The Bertz CT molecular complexity index is 491. The second kappa shape index (κ2) is 4.70. The van der Waals surface area contributed by atoms with Crippen LogP contribution in [0.2, 0.25) is 0 Å². The highest BCUT2D eigenvalue weighted by Crippen LogP contribution is 2.08. The normalized spacial score (nSPS) is 10.3. The first-order chi connectivity index (χ1) is 7.83. The van der Waals surface area contributed by atoms with E-state index in [1.54, 1.807) is 18.6 Å². The molecule has 0 aromatic carbocycles. The highest BCUT2D eigenvalue weighted by Gasteiger charge is 2.03. The van der Waals surface area contributed by atoms with Gasteiger partial charge in [0.1, 0.15) is 5.82 Å². The number of aryl methyl sites for hydroxylation is 1. The zero-order chi connectivity index (χ0) is 11.4. The van der Waals surface area contributed by atoms with Crippen molar-refractivity contribution in [3.8, 4) is 0 Å². The van der Waals surface area contributed by atoms with Gasteiger partial charge in [-0.2, -0.15) is 0 Å². The Morgan fingerprint density at radius 2 is 2.31 bits per heavy atom. The molecule has 0 fully saturated rings. The number of carbonyl (C=O) groups excluding carboxylic acids is 1. The van der Waals surface area contributed by atoms with Crippen molar-refractivity contribution in [3.05, 3.63) is 47.8 Å². The van der Waals surface area contributed by atoms with E-state index in [1.165, 1.54) is 0 Å². The largest absolute Gasteiger partial charge is 0.335 e. The summed E-state index contributed by atoms with van der Waals surface area (Å²) in [7, 11) is 0. The van der Waals surface area contributed by atoms with Crippen LogP contribution in [0.15, 0.2) is 30.9 Å². The molecule has 0 N–H and O–H groups in total. The molecule has 4 nitrogen and oxygen atoms in total. The summed E-state index contributed by atoms with van der Waals surface area (Å²) in [5, 5.41) is 0. The maximum atomic E-state index is 10.6. The molecule has 0 bridgehead atoms. The fourth-order valence-electron chi connectivity index (χ4n) is 1.65. The molecule has 0 amide bonds. The molecular weight excluding hydrogens is 202 g/mol. The molecule has 0 aliphatic heterocycles. The van der Waals surface area contributed by atoms with Crippen molar-refractivity contribution in [2.24, 2.45) is 0 Å². The number of rotatable bonds is 4. The van der Waals surface area contributed by atoms with E-state index in [4.69, 9.17) is 0 Å². The van der Waals surface area contributed by atoms with Gasteiger partial charge in [-0.1, -0.05) is 0 Å². The van der Waals surface area contributed by atoms with E-state index >= 15 is 0 Å². The van der Waals surface area contributed by atoms with Gasteiger partial charge in [-0.25, -0.2) is 4.98 Å². The molecule has 4 heteroatoms. The van der Waals surface area contributed by atoms with Crippen LogP contribution in [0.25, 0.3) is 0 Å². The fraction of sp³-hybridized carbons (Fsp3) is 0.250. The maximum Gasteiger partial charge on any atom is 0.151 e. The average molecular weight is 215 g/mol. The highest BCUT2D eigenvalue weighted by molar-refractivity contribution is 5.74. The molecular formula is C12H13N3O. The molecule has 0 aliphatic carbocycles. The third-order valence-corrected chi connectivity index (χ3v) is 2.46. The topological polar surface area (TPSA) is 47.8 Å². The van der Waals surface area contributed by atoms with E-state index in [1.807, 2.05) is 12.3 Å². The van der Waals surface area contributed by atoms with Crippen molar-refractivity contribution in [3.63, 3.8) is 0 Å². The molecule has 2 rings (SSSR count). The minimum Gasteiger partial charge on any atom is -0.335 e. The van der Waals surface area contributed by atoms with Gasteiger partial charge in [0.15, 0.2) is 6.29 Å². The lowest BCUT2D eigenvalue weighted by atomic mass is 10.1. The standard InChI is InChI=1S/C12H13N3O/c1-2-15-4-3-14-12(15)6-10-5-11(9-16)8-13-7-10/h3-5,7-9H,2,6H2,1H3. The number of hydrogen-bond acceptors (Lipinski definition) is 3. The molecule has 2 aromatic rings. The van der Waals surface area contributed by atoms with E-state index in [0.717, 1.165) is 24.2 Å². The van der Waals surface area contributed by atoms with Crippen LogP contribution < -0.4 is 0 Å². The zero-order valence-electron chi connectivity index (χ0n) is 9.13. The lowest BCUT2D eigenvalue weighted by molar-refractivity contribution is 0.112. The molecule has 2 aromatic heterocycles. The number of imidazole rings is 1. The van der Waals surface area contributed by atoms with Gasteiger partial charge in [-0.05, 0) is 18.6 Å². The Balaban J connectivity index is 2.23. The van der Waals surface area contributed by atoms with Gasteiger partial charge >= 0.3 is 0 Å². The summed E-state index contributed by atoms with van der Waals surface area (Å²) in [5.74, 6) is 0.993. The van der Waals surface area contributed by atoms with Crippen LogP contribution in [-0.4, -0.2) is 20.8 Å². The Labute approximate surface area is 94.0 Å². The van der Waals surface area contributed by atoms with Gasteiger partial charge in [0.2, 0.25) is 0 Å². The van der Waals surface area contributed by atoms with Crippen molar-refractivity contribution < 1.29 is 4.79 Å². The lowest BCUT2D eigenvalue weighted by Gasteiger charge is -2.04. The fourth-order valence-corrected chi connectivity index (χ4v) is 1.65. The number of nitrogens with zero attached hydrogens (tertiary/aromatic N) is 3. The first kappa shape index (κ1) is 10.5. The molecule has 0 spiro atoms. The summed E-state index contributed by atoms with van der Waals surface area (Å²) >= 11 is 0. The summed E-state index contributed by atoms with van der Waals surface area (Å²) in [4.78, 5) is 18.9. The lowest BCUT2D eigenvalue weighted by Crippen LogP contribution is -2.02. The van der Waals surface area contributed by atoms with Gasteiger partial charge in [0.25, 0.3) is 0 Å². The monoisotopic (exact) mass is 215 g/mol. The van der Waals surface area contributed by atoms with Gasteiger partial charge in [-0.15, -0.1) is 0 Å². The molecule has 0 atom stereocenters. The summed E-state index contributed by atoms with van der Waals surface area (Å²) in [6.45, 7) is 2.97. The smallest absolute Gasteiger partial charge is 0.151 e. The van der Waals surface area contributed by atoms with Gasteiger partial charge in [-0.3, -0.25) is 9.78 Å². The predicted octanol–water partition coefficient (Wildman–Crippen LogP) is 1.70.